The molecule has 94 valence electrons. The van der Waals surface area contributed by atoms with Crippen LogP contribution in [0.1, 0.15) is 13.8 Å². The van der Waals surface area contributed by atoms with E-state index in [9.17, 15) is 4.39 Å². The number of rotatable bonds is 1. The van der Waals surface area contributed by atoms with Crippen molar-refractivity contribution in [2.75, 3.05) is 37.3 Å². The molecule has 0 aliphatic carbocycles. The second-order valence-corrected chi connectivity index (χ2v) is 5.33. The minimum Gasteiger partial charge on any atom is -0.395 e. The second kappa shape index (κ2) is 4.18. The Morgan fingerprint density at radius 2 is 2.00 bits per heavy atom. The maximum Gasteiger partial charge on any atom is 0.148 e. The molecule has 2 rings (SSSR count). The number of likely N-dealkylation sites (N-methyl/N-ethyl adjacent to an activating group) is 1. The van der Waals surface area contributed by atoms with E-state index in [1.54, 1.807) is 6.07 Å². The van der Waals surface area contributed by atoms with E-state index in [-0.39, 0.29) is 17.0 Å². The lowest BCUT2D eigenvalue weighted by Crippen LogP contribution is -2.57. The Kier molecular flexibility index (Phi) is 3.00. The molecule has 1 aromatic rings. The minimum atomic E-state index is -0.334. The highest BCUT2D eigenvalue weighted by molar-refractivity contribution is 5.68. The topological polar surface area (TPSA) is 32.5 Å². The molecule has 0 bridgehead atoms. The monoisotopic (exact) mass is 237 g/mol. The van der Waals surface area contributed by atoms with Crippen LogP contribution in [0.2, 0.25) is 0 Å². The average molecular weight is 237 g/mol. The summed E-state index contributed by atoms with van der Waals surface area (Å²) in [7, 11) is 2.12. The molecule has 0 atom stereocenters. The second-order valence-electron chi connectivity index (χ2n) is 5.33. The van der Waals surface area contributed by atoms with Crippen molar-refractivity contribution in [3.63, 3.8) is 0 Å². The predicted molar refractivity (Wildman–Crippen MR) is 69.7 cm³/mol. The number of halogens is 1. The first-order chi connectivity index (χ1) is 7.92. The Morgan fingerprint density at radius 1 is 1.29 bits per heavy atom. The zero-order valence-corrected chi connectivity index (χ0v) is 10.7. The van der Waals surface area contributed by atoms with Gasteiger partial charge in [-0.1, -0.05) is 6.07 Å². The van der Waals surface area contributed by atoms with Crippen LogP contribution in [0.15, 0.2) is 18.2 Å². The summed E-state index contributed by atoms with van der Waals surface area (Å²) >= 11 is 0. The summed E-state index contributed by atoms with van der Waals surface area (Å²) in [5.74, 6) is -0.334. The Morgan fingerprint density at radius 3 is 2.65 bits per heavy atom. The lowest BCUT2D eigenvalue weighted by molar-refractivity contribution is 0.139. The van der Waals surface area contributed by atoms with Crippen LogP contribution in [-0.2, 0) is 0 Å². The standard InChI is InChI=1S/C13H20FN3/c1-13(2)9-17(8-7-16(13)3)11-6-4-5-10(14)12(11)15/h4-6H,7-9,15H2,1-3H3. The summed E-state index contributed by atoms with van der Waals surface area (Å²) in [5, 5.41) is 0. The van der Waals surface area contributed by atoms with Gasteiger partial charge in [0.1, 0.15) is 5.82 Å². The van der Waals surface area contributed by atoms with Crippen LogP contribution < -0.4 is 10.6 Å². The molecule has 17 heavy (non-hydrogen) atoms. The number of nitrogens with zero attached hydrogens (tertiary/aromatic N) is 2. The molecule has 0 amide bonds. The highest BCUT2D eigenvalue weighted by Crippen LogP contribution is 2.30. The summed E-state index contributed by atoms with van der Waals surface area (Å²) in [5.41, 5.74) is 6.96. The van der Waals surface area contributed by atoms with Gasteiger partial charge in [0.25, 0.3) is 0 Å². The molecular formula is C13H20FN3. The molecule has 1 saturated heterocycles. The third-order valence-corrected chi connectivity index (χ3v) is 3.69. The van der Waals surface area contributed by atoms with Crippen molar-refractivity contribution in [1.29, 1.82) is 0 Å². The van der Waals surface area contributed by atoms with Crippen LogP contribution in [0.25, 0.3) is 0 Å². The molecule has 1 fully saturated rings. The van der Waals surface area contributed by atoms with Crippen LogP contribution in [-0.4, -0.2) is 37.1 Å². The van der Waals surface area contributed by atoms with Gasteiger partial charge in [0, 0.05) is 25.2 Å². The highest BCUT2D eigenvalue weighted by Gasteiger charge is 2.31. The molecule has 2 N–H and O–H groups in total. The van der Waals surface area contributed by atoms with E-state index in [1.807, 2.05) is 6.07 Å². The van der Waals surface area contributed by atoms with E-state index < -0.39 is 0 Å². The van der Waals surface area contributed by atoms with E-state index in [2.05, 4.69) is 30.7 Å². The maximum absolute atomic E-state index is 13.4. The average Bonchev–Trinajstić information content (AvgIpc) is 2.26. The van der Waals surface area contributed by atoms with Gasteiger partial charge in [0.15, 0.2) is 0 Å². The number of hydrogen-bond acceptors (Lipinski definition) is 3. The summed E-state index contributed by atoms with van der Waals surface area (Å²) < 4.78 is 13.4. The third kappa shape index (κ3) is 2.22. The fourth-order valence-electron chi connectivity index (χ4n) is 2.25. The molecule has 3 nitrogen and oxygen atoms in total. The molecule has 0 radical (unpaired) electrons. The minimum absolute atomic E-state index is 0.0804. The van der Waals surface area contributed by atoms with Gasteiger partial charge in [-0.15, -0.1) is 0 Å². The van der Waals surface area contributed by atoms with Gasteiger partial charge in [0.2, 0.25) is 0 Å². The lowest BCUT2D eigenvalue weighted by Gasteiger charge is -2.46. The number of nitrogens with two attached hydrogens (primary N) is 1. The van der Waals surface area contributed by atoms with Crippen molar-refractivity contribution in [3.05, 3.63) is 24.0 Å². The summed E-state index contributed by atoms with van der Waals surface area (Å²) in [6, 6.07) is 5.01. The molecule has 0 spiro atoms. The zero-order chi connectivity index (χ0) is 12.6. The lowest BCUT2D eigenvalue weighted by atomic mass is 9.99. The predicted octanol–water partition coefficient (Wildman–Crippen LogP) is 1.94. The Balaban J connectivity index is 2.27. The van der Waals surface area contributed by atoms with E-state index in [1.165, 1.54) is 6.07 Å². The van der Waals surface area contributed by atoms with Crippen LogP contribution in [0.4, 0.5) is 15.8 Å². The first kappa shape index (κ1) is 12.2. The molecule has 0 saturated carbocycles. The van der Waals surface area contributed by atoms with E-state index in [0.29, 0.717) is 0 Å². The van der Waals surface area contributed by atoms with Gasteiger partial charge in [-0.25, -0.2) is 4.39 Å². The van der Waals surface area contributed by atoms with Gasteiger partial charge in [-0.05, 0) is 33.0 Å². The van der Waals surface area contributed by atoms with Crippen molar-refractivity contribution < 1.29 is 4.39 Å². The fourth-order valence-corrected chi connectivity index (χ4v) is 2.25. The summed E-state index contributed by atoms with van der Waals surface area (Å²) in [6.07, 6.45) is 0. The molecule has 1 aromatic carbocycles. The maximum atomic E-state index is 13.4. The molecular weight excluding hydrogens is 217 g/mol. The van der Waals surface area contributed by atoms with Gasteiger partial charge in [-0.3, -0.25) is 4.90 Å². The number of para-hydroxylation sites is 1. The molecule has 1 heterocycles. The van der Waals surface area contributed by atoms with E-state index >= 15 is 0 Å². The molecule has 1 aliphatic rings. The Bertz CT molecular complexity index is 417. The van der Waals surface area contributed by atoms with Gasteiger partial charge >= 0.3 is 0 Å². The Hall–Kier alpha value is -1.29. The molecule has 0 unspecified atom stereocenters. The van der Waals surface area contributed by atoms with E-state index in [0.717, 1.165) is 25.3 Å². The first-order valence-electron chi connectivity index (χ1n) is 5.92. The molecule has 0 aromatic heterocycles. The van der Waals surface area contributed by atoms with Gasteiger partial charge < -0.3 is 10.6 Å². The number of hydrogen-bond donors (Lipinski definition) is 1. The first-order valence-corrected chi connectivity index (χ1v) is 5.92. The van der Waals surface area contributed by atoms with Gasteiger partial charge in [-0.2, -0.15) is 0 Å². The number of benzene rings is 1. The highest BCUT2D eigenvalue weighted by atomic mass is 19.1. The molecule has 4 heteroatoms. The molecule has 1 aliphatic heterocycles. The van der Waals surface area contributed by atoms with Crippen molar-refractivity contribution >= 4 is 11.4 Å². The van der Waals surface area contributed by atoms with Gasteiger partial charge in [0.05, 0.1) is 11.4 Å². The SMILES string of the molecule is CN1CCN(c2cccc(F)c2N)CC1(C)C. The van der Waals surface area contributed by atoms with Crippen molar-refractivity contribution in [3.8, 4) is 0 Å². The van der Waals surface area contributed by atoms with Crippen molar-refractivity contribution in [1.82, 2.24) is 4.90 Å². The number of nitrogen functional groups attached to an aromatic ring is 1. The van der Waals surface area contributed by atoms with Crippen LogP contribution in [0, 0.1) is 5.82 Å². The summed E-state index contributed by atoms with van der Waals surface area (Å²) in [6.45, 7) is 7.08. The summed E-state index contributed by atoms with van der Waals surface area (Å²) in [4.78, 5) is 4.48. The van der Waals surface area contributed by atoms with Crippen LogP contribution in [0.5, 0.6) is 0 Å². The van der Waals surface area contributed by atoms with Crippen molar-refractivity contribution in [2.45, 2.75) is 19.4 Å². The smallest absolute Gasteiger partial charge is 0.148 e. The zero-order valence-electron chi connectivity index (χ0n) is 10.7. The van der Waals surface area contributed by atoms with Crippen LogP contribution in [0.3, 0.4) is 0 Å². The third-order valence-electron chi connectivity index (χ3n) is 3.69. The van der Waals surface area contributed by atoms with Crippen molar-refractivity contribution in [2.24, 2.45) is 0 Å². The number of piperazine rings is 1. The van der Waals surface area contributed by atoms with Crippen LogP contribution >= 0.6 is 0 Å². The quantitative estimate of drug-likeness (QED) is 0.758. The van der Waals surface area contributed by atoms with E-state index in [4.69, 9.17) is 5.73 Å². The Labute approximate surface area is 102 Å². The fraction of sp³-hybridized carbons (Fsp3) is 0.538. The number of anilines is 2. The largest absolute Gasteiger partial charge is 0.395 e. The normalized spacial score (nSPS) is 20.6.